The van der Waals surface area contributed by atoms with Crippen LogP contribution in [0.4, 0.5) is 0 Å². The fourth-order valence-corrected chi connectivity index (χ4v) is 3.75. The first-order valence-corrected chi connectivity index (χ1v) is 10.6. The summed E-state index contributed by atoms with van der Waals surface area (Å²) in [6.45, 7) is 7.74. The number of hydrogen-bond acceptors (Lipinski definition) is 6. The highest BCUT2D eigenvalue weighted by Gasteiger charge is 2.36. The summed E-state index contributed by atoms with van der Waals surface area (Å²) in [4.78, 5) is 13.2. The van der Waals surface area contributed by atoms with E-state index in [-0.39, 0.29) is 40.8 Å². The average molecular weight is 439 g/mol. The number of methoxy groups -OCH3 is 1. The van der Waals surface area contributed by atoms with Crippen molar-refractivity contribution in [2.45, 2.75) is 53.1 Å². The van der Waals surface area contributed by atoms with Crippen LogP contribution < -0.4 is 9.47 Å². The minimum absolute atomic E-state index is 0.0462. The highest BCUT2D eigenvalue weighted by molar-refractivity contribution is 6.04. The van der Waals surface area contributed by atoms with Crippen molar-refractivity contribution in [2.24, 2.45) is 0 Å². The highest BCUT2D eigenvalue weighted by Crippen LogP contribution is 2.49. The molecule has 1 atom stereocenters. The molecular formula is C26H30O6. The molecule has 0 bridgehead atoms. The molecule has 0 fully saturated rings. The molecule has 0 spiro atoms. The van der Waals surface area contributed by atoms with E-state index in [4.69, 9.17) is 9.47 Å². The first-order chi connectivity index (χ1) is 15.1. The Morgan fingerprint density at radius 2 is 1.66 bits per heavy atom. The molecule has 3 rings (SSSR count). The van der Waals surface area contributed by atoms with Gasteiger partial charge in [-0.3, -0.25) is 4.79 Å². The normalized spacial score (nSPS) is 14.9. The number of hydrogen-bond donors (Lipinski definition) is 3. The van der Waals surface area contributed by atoms with E-state index < -0.39 is 6.10 Å². The Bertz CT molecular complexity index is 1100. The molecule has 0 unspecified atom stereocenters. The monoisotopic (exact) mass is 438 g/mol. The van der Waals surface area contributed by atoms with Crippen molar-refractivity contribution in [3.63, 3.8) is 0 Å². The number of phenols is 3. The maximum absolute atomic E-state index is 13.2. The summed E-state index contributed by atoms with van der Waals surface area (Å²) >= 11 is 0. The number of carbonyl (C=O) groups is 1. The smallest absolute Gasteiger partial charge is 0.174 e. The Labute approximate surface area is 188 Å². The molecule has 0 amide bonds. The number of rotatable bonds is 6. The van der Waals surface area contributed by atoms with Gasteiger partial charge in [-0.15, -0.1) is 0 Å². The lowest BCUT2D eigenvalue weighted by molar-refractivity contribution is 0.0839. The van der Waals surface area contributed by atoms with Crippen LogP contribution in [0.1, 0.15) is 67.3 Å². The van der Waals surface area contributed by atoms with E-state index in [1.807, 2.05) is 39.8 Å². The Balaban J connectivity index is 2.16. The summed E-state index contributed by atoms with van der Waals surface area (Å²) in [5, 5.41) is 32.4. The van der Waals surface area contributed by atoms with Crippen molar-refractivity contribution >= 4 is 5.78 Å². The lowest BCUT2D eigenvalue weighted by Crippen LogP contribution is -2.22. The molecule has 3 N–H and O–H groups in total. The van der Waals surface area contributed by atoms with Gasteiger partial charge in [0.25, 0.3) is 0 Å². The van der Waals surface area contributed by atoms with Crippen molar-refractivity contribution in [1.82, 2.24) is 0 Å². The average Bonchev–Trinajstić information content (AvgIpc) is 2.72. The summed E-state index contributed by atoms with van der Waals surface area (Å²) < 4.78 is 11.3. The number of ketones is 1. The molecule has 6 heteroatoms. The quantitative estimate of drug-likeness (QED) is 0.513. The van der Waals surface area contributed by atoms with Gasteiger partial charge in [-0.1, -0.05) is 23.3 Å². The lowest BCUT2D eigenvalue weighted by Gasteiger charge is -2.29. The van der Waals surface area contributed by atoms with Crippen LogP contribution in [0, 0.1) is 0 Å². The topological polar surface area (TPSA) is 96.2 Å². The van der Waals surface area contributed by atoms with Crippen LogP contribution in [0.15, 0.2) is 41.5 Å². The van der Waals surface area contributed by atoms with Crippen molar-refractivity contribution in [3.8, 4) is 28.7 Å². The van der Waals surface area contributed by atoms with Crippen LogP contribution in [0.25, 0.3) is 0 Å². The molecule has 1 aliphatic heterocycles. The summed E-state index contributed by atoms with van der Waals surface area (Å²) in [6.07, 6.45) is 3.65. The van der Waals surface area contributed by atoms with Gasteiger partial charge in [0.1, 0.15) is 40.4 Å². The van der Waals surface area contributed by atoms with Crippen LogP contribution >= 0.6 is 0 Å². The second-order valence-corrected chi connectivity index (χ2v) is 8.49. The van der Waals surface area contributed by atoms with E-state index in [0.717, 1.165) is 11.1 Å². The predicted molar refractivity (Wildman–Crippen MR) is 123 cm³/mol. The van der Waals surface area contributed by atoms with E-state index in [1.54, 1.807) is 12.1 Å². The lowest BCUT2D eigenvalue weighted by atomic mass is 9.88. The summed E-state index contributed by atoms with van der Waals surface area (Å²) in [6, 6.07) is 4.79. The Morgan fingerprint density at radius 3 is 2.22 bits per heavy atom. The summed E-state index contributed by atoms with van der Waals surface area (Å²) in [7, 11) is 1.50. The summed E-state index contributed by atoms with van der Waals surface area (Å²) in [5.74, 6) is -0.0416. The number of allylic oxidation sites excluding steroid dienone is 4. The maximum Gasteiger partial charge on any atom is 0.174 e. The third-order valence-electron chi connectivity index (χ3n) is 5.52. The van der Waals surface area contributed by atoms with Gasteiger partial charge in [0.15, 0.2) is 5.78 Å². The number of phenolic OH excluding ortho intramolecular Hbond substituents is 3. The van der Waals surface area contributed by atoms with E-state index in [2.05, 4.69) is 0 Å². The first kappa shape index (κ1) is 23.3. The Kier molecular flexibility index (Phi) is 6.82. The van der Waals surface area contributed by atoms with Gasteiger partial charge >= 0.3 is 0 Å². The molecule has 0 saturated carbocycles. The van der Waals surface area contributed by atoms with Crippen molar-refractivity contribution in [3.05, 3.63) is 63.8 Å². The second-order valence-electron chi connectivity index (χ2n) is 8.49. The minimum atomic E-state index is -0.756. The third-order valence-corrected chi connectivity index (χ3v) is 5.52. The van der Waals surface area contributed by atoms with E-state index in [9.17, 15) is 20.1 Å². The van der Waals surface area contributed by atoms with Gasteiger partial charge in [0.05, 0.1) is 13.5 Å². The number of Topliss-reactive ketones (excluding diaryl/α,β-unsaturated/α-hetero) is 1. The van der Waals surface area contributed by atoms with Crippen LogP contribution in [0.3, 0.4) is 0 Å². The molecule has 1 aliphatic rings. The number of benzene rings is 2. The number of aromatic hydroxyl groups is 3. The molecule has 1 heterocycles. The number of carbonyl (C=O) groups excluding carboxylic acids is 1. The van der Waals surface area contributed by atoms with Gasteiger partial charge in [-0.05, 0) is 52.7 Å². The van der Waals surface area contributed by atoms with E-state index in [1.165, 1.54) is 13.2 Å². The second kappa shape index (κ2) is 9.39. The standard InChI is InChI=1S/C26H30O6/c1-14(2)6-9-18-24(29)19(10-7-15(3)4)26-23(25(18)30)21(28)13-22(32-26)17-11-8-16(31-5)12-20(17)27/h6-8,11-12,22,27,29-30H,9-10,13H2,1-5H3/t22-/m1/s1. The predicted octanol–water partition coefficient (Wildman–Crippen LogP) is 5.54. The van der Waals surface area contributed by atoms with Gasteiger partial charge in [-0.25, -0.2) is 0 Å². The van der Waals surface area contributed by atoms with Crippen molar-refractivity contribution in [2.75, 3.05) is 7.11 Å². The zero-order chi connectivity index (χ0) is 23.6. The molecule has 6 nitrogen and oxygen atoms in total. The fraction of sp³-hybridized carbons (Fsp3) is 0.346. The Hall–Kier alpha value is -3.41. The molecule has 2 aromatic rings. The molecule has 0 saturated heterocycles. The van der Waals surface area contributed by atoms with Crippen LogP contribution in [0.5, 0.6) is 28.7 Å². The third kappa shape index (κ3) is 4.59. The first-order valence-electron chi connectivity index (χ1n) is 10.6. The van der Waals surface area contributed by atoms with Gasteiger partial charge < -0.3 is 24.8 Å². The zero-order valence-corrected chi connectivity index (χ0v) is 19.2. The largest absolute Gasteiger partial charge is 0.507 e. The van der Waals surface area contributed by atoms with Crippen LogP contribution in [-0.2, 0) is 12.8 Å². The van der Waals surface area contributed by atoms with Crippen LogP contribution in [0.2, 0.25) is 0 Å². The Morgan fingerprint density at radius 1 is 1.03 bits per heavy atom. The van der Waals surface area contributed by atoms with Crippen molar-refractivity contribution in [1.29, 1.82) is 0 Å². The molecule has 32 heavy (non-hydrogen) atoms. The molecule has 0 aliphatic carbocycles. The molecule has 2 aromatic carbocycles. The zero-order valence-electron chi connectivity index (χ0n) is 19.2. The summed E-state index contributed by atoms with van der Waals surface area (Å²) in [5.41, 5.74) is 3.35. The highest BCUT2D eigenvalue weighted by atomic mass is 16.5. The number of fused-ring (bicyclic) bond motifs is 1. The molecule has 170 valence electrons. The fourth-order valence-electron chi connectivity index (χ4n) is 3.75. The minimum Gasteiger partial charge on any atom is -0.507 e. The van der Waals surface area contributed by atoms with Gasteiger partial charge in [0.2, 0.25) is 0 Å². The SMILES string of the molecule is COc1ccc([C@H]2CC(=O)c3c(O)c(CC=C(C)C)c(O)c(CC=C(C)C)c3O2)c(O)c1. The maximum atomic E-state index is 13.2. The van der Waals surface area contributed by atoms with Gasteiger partial charge in [0, 0.05) is 22.8 Å². The van der Waals surface area contributed by atoms with E-state index in [0.29, 0.717) is 35.3 Å². The van der Waals surface area contributed by atoms with E-state index >= 15 is 0 Å². The van der Waals surface area contributed by atoms with Crippen molar-refractivity contribution < 1.29 is 29.6 Å². The molecular weight excluding hydrogens is 408 g/mol. The molecule has 0 radical (unpaired) electrons. The molecule has 0 aromatic heterocycles. The van der Waals surface area contributed by atoms with Gasteiger partial charge in [-0.2, -0.15) is 0 Å². The number of ether oxygens (including phenoxy) is 2. The van der Waals surface area contributed by atoms with Crippen LogP contribution in [-0.4, -0.2) is 28.2 Å².